The number of carbonyl (C=O) groups excluding carboxylic acids is 1. The molecule has 1 aromatic carbocycles. The number of ether oxygens (including phenoxy) is 1. The van der Waals surface area contributed by atoms with Crippen LogP contribution < -0.4 is 5.32 Å². The van der Waals surface area contributed by atoms with Gasteiger partial charge in [-0.2, -0.15) is 4.31 Å². The highest BCUT2D eigenvalue weighted by Gasteiger charge is 2.41. The van der Waals surface area contributed by atoms with Crippen molar-refractivity contribution in [3.8, 4) is 0 Å². The molecule has 0 aromatic heterocycles. The second kappa shape index (κ2) is 8.04. The van der Waals surface area contributed by atoms with E-state index in [0.717, 1.165) is 11.1 Å². The molecule has 26 heavy (non-hydrogen) atoms. The zero-order valence-electron chi connectivity index (χ0n) is 15.3. The number of nitrogens with one attached hydrogen (secondary N) is 1. The molecular weight excluding hydrogens is 354 g/mol. The summed E-state index contributed by atoms with van der Waals surface area (Å²) >= 11 is 0. The molecule has 0 aliphatic carbocycles. The molecule has 2 atom stereocenters. The molecule has 2 unspecified atom stereocenters. The molecular formula is C18H27N3O4S. The number of nitrogens with zero attached hydrogens (tertiary/aromatic N) is 2. The predicted octanol–water partition coefficient (Wildman–Crippen LogP) is 0.346. The fraction of sp³-hybridized carbons (Fsp3) is 0.611. The highest BCUT2D eigenvalue weighted by Crippen LogP contribution is 2.21. The number of hydrogen-bond acceptors (Lipinski definition) is 5. The molecule has 2 saturated heterocycles. The Morgan fingerprint density at radius 3 is 2.69 bits per heavy atom. The summed E-state index contributed by atoms with van der Waals surface area (Å²) in [5.41, 5.74) is 2.23. The van der Waals surface area contributed by atoms with Crippen molar-refractivity contribution in [3.05, 3.63) is 35.4 Å². The largest absolute Gasteiger partial charge is 0.379 e. The van der Waals surface area contributed by atoms with Crippen LogP contribution in [-0.4, -0.2) is 74.7 Å². The summed E-state index contributed by atoms with van der Waals surface area (Å²) in [6.45, 7) is 4.50. The quantitative estimate of drug-likeness (QED) is 0.796. The van der Waals surface area contributed by atoms with E-state index >= 15 is 0 Å². The maximum absolute atomic E-state index is 12.8. The van der Waals surface area contributed by atoms with Gasteiger partial charge in [0.05, 0.1) is 24.5 Å². The van der Waals surface area contributed by atoms with Crippen LogP contribution in [0.3, 0.4) is 0 Å². The molecule has 1 aromatic rings. The van der Waals surface area contributed by atoms with Crippen molar-refractivity contribution < 1.29 is 17.9 Å². The van der Waals surface area contributed by atoms with Crippen LogP contribution in [0.1, 0.15) is 17.5 Å². The molecule has 2 aliphatic heterocycles. The molecule has 0 radical (unpaired) electrons. The van der Waals surface area contributed by atoms with Crippen molar-refractivity contribution in [1.29, 1.82) is 0 Å². The van der Waals surface area contributed by atoms with Crippen LogP contribution in [-0.2, 0) is 26.1 Å². The number of sulfonamides is 1. The Balaban J connectivity index is 1.60. The van der Waals surface area contributed by atoms with Gasteiger partial charge in [0.1, 0.15) is 0 Å². The van der Waals surface area contributed by atoms with Gasteiger partial charge in [0.2, 0.25) is 15.9 Å². The first-order chi connectivity index (χ1) is 12.4. The number of benzene rings is 1. The number of aryl methyl sites for hydroxylation is 1. The van der Waals surface area contributed by atoms with Gasteiger partial charge in [-0.25, -0.2) is 8.42 Å². The van der Waals surface area contributed by atoms with Crippen LogP contribution in [0.15, 0.2) is 24.3 Å². The molecule has 2 fully saturated rings. The molecule has 2 heterocycles. The lowest BCUT2D eigenvalue weighted by atomic mass is 10.1. The Bertz CT molecular complexity index is 747. The molecule has 2 aliphatic rings. The zero-order valence-corrected chi connectivity index (χ0v) is 16.2. The first-order valence-corrected chi connectivity index (χ1v) is 10.5. The van der Waals surface area contributed by atoms with E-state index < -0.39 is 21.3 Å². The molecule has 1 amide bonds. The molecule has 144 valence electrons. The Morgan fingerprint density at radius 1 is 1.31 bits per heavy atom. The van der Waals surface area contributed by atoms with E-state index in [1.165, 1.54) is 4.31 Å². The molecule has 1 N–H and O–H groups in total. The number of morpholine rings is 1. The van der Waals surface area contributed by atoms with Crippen molar-refractivity contribution >= 4 is 15.9 Å². The van der Waals surface area contributed by atoms with E-state index in [2.05, 4.69) is 5.32 Å². The van der Waals surface area contributed by atoms with Crippen LogP contribution in [0.5, 0.6) is 0 Å². The SMILES string of the molecule is Cc1ccccc1CN(C)C(=O)C1CC(S(=O)(=O)N2CCOCC2)CN1. The molecule has 3 rings (SSSR count). The molecule has 7 nitrogen and oxygen atoms in total. The van der Waals surface area contributed by atoms with Crippen molar-refractivity contribution in [2.24, 2.45) is 0 Å². The topological polar surface area (TPSA) is 79.0 Å². The highest BCUT2D eigenvalue weighted by molar-refractivity contribution is 7.89. The van der Waals surface area contributed by atoms with Crippen LogP contribution in [0.4, 0.5) is 0 Å². The fourth-order valence-corrected chi connectivity index (χ4v) is 5.34. The summed E-state index contributed by atoms with van der Waals surface area (Å²) in [5.74, 6) is -0.0621. The number of likely N-dealkylation sites (N-methyl/N-ethyl adjacent to an activating group) is 1. The molecule has 0 bridgehead atoms. The monoisotopic (exact) mass is 381 g/mol. The minimum Gasteiger partial charge on any atom is -0.379 e. The van der Waals surface area contributed by atoms with Crippen molar-refractivity contribution in [1.82, 2.24) is 14.5 Å². The standard InChI is InChI=1S/C18H27N3O4S/c1-14-5-3-4-6-15(14)13-20(2)18(22)17-11-16(12-19-17)26(23,24)21-7-9-25-10-8-21/h3-6,16-17,19H,7-13H2,1-2H3. The van der Waals surface area contributed by atoms with Gasteiger partial charge in [0.15, 0.2) is 0 Å². The van der Waals surface area contributed by atoms with E-state index in [1.807, 2.05) is 31.2 Å². The van der Waals surface area contributed by atoms with Gasteiger partial charge in [0.25, 0.3) is 0 Å². The number of amides is 1. The maximum Gasteiger partial charge on any atom is 0.239 e. The van der Waals surface area contributed by atoms with Gasteiger partial charge in [-0.15, -0.1) is 0 Å². The predicted molar refractivity (Wildman–Crippen MR) is 99.2 cm³/mol. The normalized spacial score (nSPS) is 24.5. The molecule has 0 spiro atoms. The number of rotatable bonds is 5. The van der Waals surface area contributed by atoms with Crippen LogP contribution >= 0.6 is 0 Å². The highest BCUT2D eigenvalue weighted by atomic mass is 32.2. The second-order valence-electron chi connectivity index (χ2n) is 7.00. The minimum atomic E-state index is -3.40. The second-order valence-corrected chi connectivity index (χ2v) is 9.21. The molecule has 0 saturated carbocycles. The lowest BCUT2D eigenvalue weighted by molar-refractivity contribution is -0.132. The minimum absolute atomic E-state index is 0.0621. The summed E-state index contributed by atoms with van der Waals surface area (Å²) < 4.78 is 32.3. The first-order valence-electron chi connectivity index (χ1n) is 8.99. The van der Waals surface area contributed by atoms with Gasteiger partial charge >= 0.3 is 0 Å². The Labute approximate surface area is 155 Å². The van der Waals surface area contributed by atoms with Crippen molar-refractivity contribution in [2.75, 3.05) is 39.9 Å². The van der Waals surface area contributed by atoms with Crippen LogP contribution in [0.25, 0.3) is 0 Å². The van der Waals surface area contributed by atoms with Gasteiger partial charge in [0, 0.05) is 33.2 Å². The lowest BCUT2D eigenvalue weighted by Gasteiger charge is -2.28. The Morgan fingerprint density at radius 2 is 2.00 bits per heavy atom. The van der Waals surface area contributed by atoms with E-state index in [0.29, 0.717) is 45.8 Å². The van der Waals surface area contributed by atoms with Gasteiger partial charge in [-0.1, -0.05) is 24.3 Å². The molecule has 8 heteroatoms. The fourth-order valence-electron chi connectivity index (χ4n) is 3.52. The van der Waals surface area contributed by atoms with Gasteiger partial charge in [-0.05, 0) is 24.5 Å². The first kappa shape index (κ1) is 19.3. The number of carbonyl (C=O) groups is 1. The smallest absolute Gasteiger partial charge is 0.239 e. The maximum atomic E-state index is 12.8. The van der Waals surface area contributed by atoms with Crippen molar-refractivity contribution in [3.63, 3.8) is 0 Å². The van der Waals surface area contributed by atoms with E-state index in [-0.39, 0.29) is 5.91 Å². The third-order valence-corrected chi connectivity index (χ3v) is 7.47. The Hall–Kier alpha value is -1.48. The lowest BCUT2D eigenvalue weighted by Crippen LogP contribution is -2.45. The number of hydrogen-bond donors (Lipinski definition) is 1. The van der Waals surface area contributed by atoms with E-state index in [4.69, 9.17) is 4.74 Å². The van der Waals surface area contributed by atoms with E-state index in [9.17, 15) is 13.2 Å². The van der Waals surface area contributed by atoms with E-state index in [1.54, 1.807) is 11.9 Å². The average Bonchev–Trinajstić information content (AvgIpc) is 3.14. The summed E-state index contributed by atoms with van der Waals surface area (Å²) in [7, 11) is -1.64. The van der Waals surface area contributed by atoms with Crippen LogP contribution in [0.2, 0.25) is 0 Å². The summed E-state index contributed by atoms with van der Waals surface area (Å²) in [4.78, 5) is 14.4. The van der Waals surface area contributed by atoms with Crippen LogP contribution in [0, 0.1) is 6.92 Å². The zero-order chi connectivity index (χ0) is 18.7. The summed E-state index contributed by atoms with van der Waals surface area (Å²) in [6, 6.07) is 7.50. The average molecular weight is 381 g/mol. The third-order valence-electron chi connectivity index (χ3n) is 5.18. The third kappa shape index (κ3) is 4.09. The summed E-state index contributed by atoms with van der Waals surface area (Å²) in [6.07, 6.45) is 0.316. The summed E-state index contributed by atoms with van der Waals surface area (Å²) in [5, 5.41) is 2.55. The van der Waals surface area contributed by atoms with Crippen molar-refractivity contribution in [2.45, 2.75) is 31.2 Å². The Kier molecular flexibility index (Phi) is 5.96. The van der Waals surface area contributed by atoms with Gasteiger partial charge < -0.3 is 15.0 Å². The van der Waals surface area contributed by atoms with Gasteiger partial charge in [-0.3, -0.25) is 4.79 Å².